The summed E-state index contributed by atoms with van der Waals surface area (Å²) < 4.78 is 10.6. The molecule has 0 heterocycles. The van der Waals surface area contributed by atoms with Crippen molar-refractivity contribution >= 4 is 5.69 Å². The number of hydrogen-bond acceptors (Lipinski definition) is 3. The monoisotopic (exact) mass is 299 g/mol. The number of nitrogens with one attached hydrogen (secondary N) is 1. The van der Waals surface area contributed by atoms with Gasteiger partial charge in [-0.3, -0.25) is 0 Å². The molecule has 118 valence electrons. The Kier molecular flexibility index (Phi) is 4.96. The van der Waals surface area contributed by atoms with Crippen LogP contribution in [-0.4, -0.2) is 14.2 Å². The van der Waals surface area contributed by atoms with Crippen LogP contribution in [0.5, 0.6) is 11.5 Å². The first-order valence-corrected chi connectivity index (χ1v) is 7.49. The van der Waals surface area contributed by atoms with E-state index in [1.54, 1.807) is 14.2 Å². The van der Waals surface area contributed by atoms with Gasteiger partial charge in [-0.25, -0.2) is 0 Å². The van der Waals surface area contributed by atoms with Crippen LogP contribution in [0.3, 0.4) is 0 Å². The van der Waals surface area contributed by atoms with Gasteiger partial charge in [0, 0.05) is 18.3 Å². The third-order valence-corrected chi connectivity index (χ3v) is 3.70. The number of rotatable bonds is 5. The van der Waals surface area contributed by atoms with Gasteiger partial charge >= 0.3 is 0 Å². The maximum atomic E-state index is 5.32. The smallest absolute Gasteiger partial charge is 0.162 e. The van der Waals surface area contributed by atoms with Crippen LogP contribution >= 0.6 is 0 Å². The van der Waals surface area contributed by atoms with Crippen LogP contribution in [0.1, 0.15) is 31.9 Å². The third-order valence-electron chi connectivity index (χ3n) is 3.70. The van der Waals surface area contributed by atoms with Gasteiger partial charge in [-0.2, -0.15) is 0 Å². The minimum Gasteiger partial charge on any atom is -0.493 e. The van der Waals surface area contributed by atoms with Crippen LogP contribution in [0.2, 0.25) is 0 Å². The predicted octanol–water partition coefficient (Wildman–Crippen LogP) is 4.61. The molecular weight excluding hydrogens is 274 g/mol. The molecule has 0 aliphatic rings. The molecule has 0 unspecified atom stereocenters. The van der Waals surface area contributed by atoms with E-state index in [-0.39, 0.29) is 5.41 Å². The second-order valence-electron chi connectivity index (χ2n) is 6.37. The number of ether oxygens (including phenoxy) is 2. The van der Waals surface area contributed by atoms with Crippen LogP contribution in [-0.2, 0) is 12.0 Å². The van der Waals surface area contributed by atoms with Gasteiger partial charge in [0.1, 0.15) is 0 Å². The molecule has 1 N–H and O–H groups in total. The molecule has 0 spiro atoms. The summed E-state index contributed by atoms with van der Waals surface area (Å²) in [6.45, 7) is 7.46. The van der Waals surface area contributed by atoms with Crippen molar-refractivity contribution in [3.8, 4) is 11.5 Å². The van der Waals surface area contributed by atoms with Crippen molar-refractivity contribution in [3.63, 3.8) is 0 Å². The van der Waals surface area contributed by atoms with Gasteiger partial charge in [-0.1, -0.05) is 45.0 Å². The standard InChI is InChI=1S/C19H25NO2/c1-19(2,3)15-8-6-14(7-9-15)13-20-16-10-11-17(21-4)18(12-16)22-5/h6-12,20H,13H2,1-5H3. The first-order chi connectivity index (χ1) is 10.4. The number of benzene rings is 2. The molecule has 0 aliphatic heterocycles. The molecule has 0 saturated heterocycles. The normalized spacial score (nSPS) is 11.1. The highest BCUT2D eigenvalue weighted by atomic mass is 16.5. The predicted molar refractivity (Wildman–Crippen MR) is 92.0 cm³/mol. The van der Waals surface area contributed by atoms with Gasteiger partial charge in [-0.05, 0) is 28.7 Å². The van der Waals surface area contributed by atoms with E-state index in [1.165, 1.54) is 11.1 Å². The topological polar surface area (TPSA) is 30.5 Å². The van der Waals surface area contributed by atoms with Crippen LogP contribution in [0.25, 0.3) is 0 Å². The summed E-state index contributed by atoms with van der Waals surface area (Å²) in [7, 11) is 3.29. The maximum Gasteiger partial charge on any atom is 0.162 e. The fourth-order valence-electron chi connectivity index (χ4n) is 2.27. The molecule has 0 fully saturated rings. The largest absolute Gasteiger partial charge is 0.493 e. The minimum atomic E-state index is 0.190. The van der Waals surface area contributed by atoms with Crippen LogP contribution in [0.4, 0.5) is 5.69 Å². The Labute approximate surface area is 133 Å². The molecule has 0 aromatic heterocycles. The zero-order chi connectivity index (χ0) is 16.2. The Bertz CT molecular complexity index is 612. The van der Waals surface area contributed by atoms with E-state index in [0.29, 0.717) is 0 Å². The lowest BCUT2D eigenvalue weighted by Gasteiger charge is -2.19. The maximum absolute atomic E-state index is 5.32. The Balaban J connectivity index is 2.04. The molecule has 3 heteroatoms. The molecule has 0 aliphatic carbocycles. The summed E-state index contributed by atoms with van der Waals surface area (Å²) in [6.07, 6.45) is 0. The zero-order valence-electron chi connectivity index (χ0n) is 14.1. The van der Waals surface area contributed by atoms with E-state index in [9.17, 15) is 0 Å². The van der Waals surface area contributed by atoms with Gasteiger partial charge in [0.2, 0.25) is 0 Å². The van der Waals surface area contributed by atoms with E-state index in [0.717, 1.165) is 23.7 Å². The number of methoxy groups -OCH3 is 2. The van der Waals surface area contributed by atoms with E-state index < -0.39 is 0 Å². The average molecular weight is 299 g/mol. The highest BCUT2D eigenvalue weighted by Crippen LogP contribution is 2.30. The lowest BCUT2D eigenvalue weighted by molar-refractivity contribution is 0.355. The summed E-state index contributed by atoms with van der Waals surface area (Å²) in [5, 5.41) is 3.41. The SMILES string of the molecule is COc1ccc(NCc2ccc(C(C)(C)C)cc2)cc1OC. The third kappa shape index (κ3) is 3.94. The van der Waals surface area contributed by atoms with Crippen LogP contribution < -0.4 is 14.8 Å². The van der Waals surface area contributed by atoms with Gasteiger partial charge in [-0.15, -0.1) is 0 Å². The van der Waals surface area contributed by atoms with Gasteiger partial charge in [0.15, 0.2) is 11.5 Å². The summed E-state index contributed by atoms with van der Waals surface area (Å²) in [5.41, 5.74) is 3.80. The van der Waals surface area contributed by atoms with Crippen molar-refractivity contribution in [1.29, 1.82) is 0 Å². The molecule has 0 radical (unpaired) electrons. The van der Waals surface area contributed by atoms with Crippen molar-refractivity contribution in [2.45, 2.75) is 32.7 Å². The fourth-order valence-corrected chi connectivity index (χ4v) is 2.27. The molecule has 0 amide bonds. The zero-order valence-corrected chi connectivity index (χ0v) is 14.1. The van der Waals surface area contributed by atoms with Crippen LogP contribution in [0.15, 0.2) is 42.5 Å². The van der Waals surface area contributed by atoms with E-state index in [2.05, 4.69) is 50.4 Å². The summed E-state index contributed by atoms with van der Waals surface area (Å²) in [5.74, 6) is 1.47. The quantitative estimate of drug-likeness (QED) is 0.874. The van der Waals surface area contributed by atoms with Crippen molar-refractivity contribution in [2.24, 2.45) is 0 Å². The van der Waals surface area contributed by atoms with Crippen molar-refractivity contribution in [1.82, 2.24) is 0 Å². The molecular formula is C19H25NO2. The Hall–Kier alpha value is -2.16. The molecule has 0 bridgehead atoms. The van der Waals surface area contributed by atoms with Gasteiger partial charge in [0.05, 0.1) is 14.2 Å². The fraction of sp³-hybridized carbons (Fsp3) is 0.368. The lowest BCUT2D eigenvalue weighted by atomic mass is 9.87. The highest BCUT2D eigenvalue weighted by Gasteiger charge is 2.12. The van der Waals surface area contributed by atoms with E-state index in [4.69, 9.17) is 9.47 Å². The first kappa shape index (κ1) is 16.2. The van der Waals surface area contributed by atoms with Gasteiger partial charge in [0.25, 0.3) is 0 Å². The van der Waals surface area contributed by atoms with Gasteiger partial charge < -0.3 is 14.8 Å². The van der Waals surface area contributed by atoms with E-state index >= 15 is 0 Å². The van der Waals surface area contributed by atoms with Crippen molar-refractivity contribution < 1.29 is 9.47 Å². The molecule has 0 saturated carbocycles. The number of anilines is 1. The van der Waals surface area contributed by atoms with Crippen molar-refractivity contribution in [3.05, 3.63) is 53.6 Å². The molecule has 2 aromatic rings. The Morgan fingerprint density at radius 1 is 0.864 bits per heavy atom. The average Bonchev–Trinajstić information content (AvgIpc) is 2.52. The summed E-state index contributed by atoms with van der Waals surface area (Å²) in [6, 6.07) is 14.6. The molecule has 2 rings (SSSR count). The minimum absolute atomic E-state index is 0.190. The number of hydrogen-bond donors (Lipinski definition) is 1. The summed E-state index contributed by atoms with van der Waals surface area (Å²) in [4.78, 5) is 0. The van der Waals surface area contributed by atoms with Crippen LogP contribution in [0, 0.1) is 0 Å². The summed E-state index contributed by atoms with van der Waals surface area (Å²) >= 11 is 0. The lowest BCUT2D eigenvalue weighted by Crippen LogP contribution is -2.11. The van der Waals surface area contributed by atoms with Crippen molar-refractivity contribution in [2.75, 3.05) is 19.5 Å². The molecule has 2 aromatic carbocycles. The second-order valence-corrected chi connectivity index (χ2v) is 6.37. The highest BCUT2D eigenvalue weighted by molar-refractivity contribution is 5.55. The molecule has 22 heavy (non-hydrogen) atoms. The second kappa shape index (κ2) is 6.73. The van der Waals surface area contributed by atoms with E-state index in [1.807, 2.05) is 18.2 Å². The molecule has 0 atom stereocenters. The Morgan fingerprint density at radius 2 is 1.50 bits per heavy atom. The Morgan fingerprint density at radius 3 is 2.05 bits per heavy atom. The first-order valence-electron chi connectivity index (χ1n) is 7.49. The molecule has 3 nitrogen and oxygen atoms in total.